The van der Waals surface area contributed by atoms with Gasteiger partial charge < -0.3 is 46.5 Å². The predicted octanol–water partition coefficient (Wildman–Crippen LogP) is -1.14. The molecule has 8 N–H and O–H groups in total. The van der Waals surface area contributed by atoms with Crippen molar-refractivity contribution in [2.45, 2.75) is 82.4 Å². The number of pyridine rings is 1. The summed E-state index contributed by atoms with van der Waals surface area (Å²) in [5.74, 6) is -6.47. The Labute approximate surface area is 377 Å². The van der Waals surface area contributed by atoms with Gasteiger partial charge in [-0.1, -0.05) is 24.3 Å². The molecule has 2 saturated heterocycles. The number of anilines is 1. The SMILES string of the molecule is CC(=O)NCC(NC(=O)C(CCc1ccc(O)cc1)NC(=O)CCCNc1cccc2c1C(=O)N(C1CCC(=O)NC1=O)C2=O)C(=O)NCC(=O)NCC1OC1C(=O)OCc1ccccn1. The highest BCUT2D eigenvalue weighted by molar-refractivity contribution is 6.25. The van der Waals surface area contributed by atoms with Gasteiger partial charge in [0.25, 0.3) is 11.8 Å². The lowest BCUT2D eigenvalue weighted by Gasteiger charge is -2.27. The molecule has 3 aliphatic rings. The Morgan fingerprint density at radius 1 is 0.894 bits per heavy atom. The Balaban J connectivity index is 1.00. The lowest BCUT2D eigenvalue weighted by Crippen LogP contribution is -2.57. The van der Waals surface area contributed by atoms with Crippen LogP contribution in [0, 0.1) is 0 Å². The Morgan fingerprint density at radius 3 is 2.41 bits per heavy atom. The van der Waals surface area contributed by atoms with Crippen LogP contribution < -0.4 is 37.2 Å². The van der Waals surface area contributed by atoms with Crippen molar-refractivity contribution in [3.63, 3.8) is 0 Å². The van der Waals surface area contributed by atoms with Crippen LogP contribution in [0.4, 0.5) is 5.69 Å². The molecule has 22 nitrogen and oxygen atoms in total. The highest BCUT2D eigenvalue weighted by atomic mass is 16.6. The van der Waals surface area contributed by atoms with Crippen LogP contribution in [-0.2, 0) is 60.9 Å². The van der Waals surface area contributed by atoms with E-state index in [4.69, 9.17) is 9.47 Å². The molecule has 6 rings (SSSR count). The number of benzene rings is 2. The largest absolute Gasteiger partial charge is 0.508 e. The topological polar surface area (TPSA) is 313 Å². The maximum Gasteiger partial charge on any atom is 0.338 e. The van der Waals surface area contributed by atoms with Crippen LogP contribution in [-0.4, -0.2) is 131 Å². The summed E-state index contributed by atoms with van der Waals surface area (Å²) in [4.78, 5) is 133. The number of ether oxygens (including phenoxy) is 2. The van der Waals surface area contributed by atoms with Crippen LogP contribution in [0.2, 0.25) is 0 Å². The van der Waals surface area contributed by atoms with E-state index in [1.807, 2.05) is 0 Å². The molecular weight excluding hydrogens is 863 g/mol. The number of nitrogens with zero attached hydrogens (tertiary/aromatic N) is 2. The third-order valence-electron chi connectivity index (χ3n) is 10.7. The van der Waals surface area contributed by atoms with Gasteiger partial charge in [0.15, 0.2) is 6.10 Å². The normalized spacial score (nSPS) is 18.2. The van der Waals surface area contributed by atoms with Crippen LogP contribution in [0.1, 0.15) is 71.0 Å². The van der Waals surface area contributed by atoms with E-state index in [9.17, 15) is 53.1 Å². The molecule has 9 amide bonds. The van der Waals surface area contributed by atoms with Crippen LogP contribution in [0.15, 0.2) is 66.9 Å². The number of aromatic nitrogens is 1. The van der Waals surface area contributed by atoms with Crippen LogP contribution in [0.5, 0.6) is 5.75 Å². The number of fused-ring (bicyclic) bond motifs is 1. The molecular formula is C44H49N9O13. The van der Waals surface area contributed by atoms with Crippen molar-refractivity contribution in [3.8, 4) is 5.75 Å². The number of esters is 1. The van der Waals surface area contributed by atoms with Crippen molar-refractivity contribution in [3.05, 3.63) is 89.2 Å². The number of imide groups is 2. The molecule has 3 aliphatic heterocycles. The maximum atomic E-state index is 13.8. The first kappa shape index (κ1) is 47.7. The maximum absolute atomic E-state index is 13.8. The second-order valence-corrected chi connectivity index (χ2v) is 15.6. The minimum Gasteiger partial charge on any atom is -0.508 e. The number of nitrogens with one attached hydrogen (secondary N) is 7. The number of epoxide rings is 1. The minimum atomic E-state index is -1.38. The molecule has 2 fully saturated rings. The Kier molecular flexibility index (Phi) is 16.1. The third-order valence-corrected chi connectivity index (χ3v) is 10.7. The van der Waals surface area contributed by atoms with Gasteiger partial charge in [0.05, 0.1) is 23.4 Å². The zero-order valence-electron chi connectivity index (χ0n) is 35.8. The Hall–Kier alpha value is -7.75. The van der Waals surface area contributed by atoms with E-state index < -0.39 is 96.0 Å². The van der Waals surface area contributed by atoms with E-state index in [0.717, 1.165) is 10.5 Å². The molecule has 0 spiro atoms. The van der Waals surface area contributed by atoms with Gasteiger partial charge in [0, 0.05) is 51.3 Å². The van der Waals surface area contributed by atoms with E-state index in [1.165, 1.54) is 25.1 Å². The predicted molar refractivity (Wildman–Crippen MR) is 229 cm³/mol. The average Bonchev–Trinajstić information content (AvgIpc) is 4.04. The zero-order valence-corrected chi connectivity index (χ0v) is 35.8. The van der Waals surface area contributed by atoms with Crippen LogP contribution >= 0.6 is 0 Å². The Morgan fingerprint density at radius 2 is 1.68 bits per heavy atom. The number of phenolic OH excluding ortho intramolecular Hbond substituents is 1. The van der Waals surface area contributed by atoms with Crippen molar-refractivity contribution < 1.29 is 62.5 Å². The standard InChI is InChI=1S/C44H49N9O13/c1-24(54)47-20-31(39(59)49-22-36(58)48-21-33-38(66-33)44(64)65-23-26-6-2-3-18-45-26)51-40(60)30(15-12-25-10-13-27(55)14-11-25)50-34(56)9-5-19-46-29-8-4-7-28-37(29)43(63)53(42(28)62)32-16-17-35(57)52-41(32)61/h2-4,6-8,10-11,13-14,18,30-33,38,46,55H,5,9,12,15-17,19-23H2,1H3,(H,47,54)(H,48,58)(H,49,59)(H,50,56)(H,51,60)(H,52,57,61). The molecule has 66 heavy (non-hydrogen) atoms. The fraction of sp³-hybridized carbons (Fsp3) is 0.386. The number of hydrogen-bond acceptors (Lipinski definition) is 15. The number of hydrogen-bond donors (Lipinski definition) is 8. The second kappa shape index (κ2) is 22.2. The van der Waals surface area contributed by atoms with Crippen LogP contribution in [0.25, 0.3) is 0 Å². The first-order valence-corrected chi connectivity index (χ1v) is 21.2. The first-order chi connectivity index (χ1) is 31.7. The second-order valence-electron chi connectivity index (χ2n) is 15.6. The number of phenols is 1. The molecule has 348 valence electrons. The fourth-order valence-corrected chi connectivity index (χ4v) is 7.15. The average molecular weight is 912 g/mol. The van der Waals surface area contributed by atoms with Gasteiger partial charge >= 0.3 is 5.97 Å². The molecule has 2 aromatic carbocycles. The molecule has 1 aromatic heterocycles. The molecule has 0 saturated carbocycles. The van der Waals surface area contributed by atoms with Gasteiger partial charge in [-0.25, -0.2) is 4.79 Å². The minimum absolute atomic E-state index is 0.000749. The van der Waals surface area contributed by atoms with Crippen LogP contribution in [0.3, 0.4) is 0 Å². The fourth-order valence-electron chi connectivity index (χ4n) is 7.15. The summed E-state index contributed by atoms with van der Waals surface area (Å²) in [5.41, 5.74) is 1.72. The molecule has 4 heterocycles. The van der Waals surface area contributed by atoms with Crippen molar-refractivity contribution in [2.24, 2.45) is 0 Å². The number of piperidine rings is 1. The zero-order chi connectivity index (χ0) is 47.3. The van der Waals surface area contributed by atoms with E-state index in [0.29, 0.717) is 11.4 Å². The summed E-state index contributed by atoms with van der Waals surface area (Å²) in [6.45, 7) is 0.363. The van der Waals surface area contributed by atoms with E-state index in [2.05, 4.69) is 42.2 Å². The van der Waals surface area contributed by atoms with Gasteiger partial charge in [-0.15, -0.1) is 0 Å². The summed E-state index contributed by atoms with van der Waals surface area (Å²) < 4.78 is 10.5. The summed E-state index contributed by atoms with van der Waals surface area (Å²) in [5, 5.41) is 27.6. The molecule has 0 aliphatic carbocycles. The summed E-state index contributed by atoms with van der Waals surface area (Å²) in [6.07, 6.45) is 0.416. The number of amides is 9. The number of carbonyl (C=O) groups is 10. The quantitative estimate of drug-likeness (QED) is 0.0256. The molecule has 0 bridgehead atoms. The highest BCUT2D eigenvalue weighted by Gasteiger charge is 2.47. The smallest absolute Gasteiger partial charge is 0.338 e. The molecule has 3 aromatic rings. The summed E-state index contributed by atoms with van der Waals surface area (Å²) in [7, 11) is 0. The van der Waals surface area contributed by atoms with E-state index in [1.54, 1.807) is 48.7 Å². The molecule has 0 radical (unpaired) electrons. The molecule has 5 atom stereocenters. The van der Waals surface area contributed by atoms with Gasteiger partial charge in [-0.3, -0.25) is 58.4 Å². The molecule has 5 unspecified atom stereocenters. The van der Waals surface area contributed by atoms with Gasteiger partial charge in [0.2, 0.25) is 41.4 Å². The van der Waals surface area contributed by atoms with Gasteiger partial charge in [-0.2, -0.15) is 0 Å². The number of aryl methyl sites for hydroxylation is 1. The summed E-state index contributed by atoms with van der Waals surface area (Å²) in [6, 6.07) is 12.3. The van der Waals surface area contributed by atoms with Gasteiger partial charge in [0.1, 0.15) is 36.6 Å². The van der Waals surface area contributed by atoms with Crippen molar-refractivity contribution in [2.75, 3.05) is 31.5 Å². The lowest BCUT2D eigenvalue weighted by molar-refractivity contribution is -0.146. The lowest BCUT2D eigenvalue weighted by atomic mass is 10.0. The van der Waals surface area contributed by atoms with Crippen molar-refractivity contribution >= 4 is 64.8 Å². The first-order valence-electron chi connectivity index (χ1n) is 21.2. The summed E-state index contributed by atoms with van der Waals surface area (Å²) >= 11 is 0. The van der Waals surface area contributed by atoms with E-state index in [-0.39, 0.29) is 81.6 Å². The van der Waals surface area contributed by atoms with E-state index >= 15 is 0 Å². The number of aromatic hydroxyl groups is 1. The monoisotopic (exact) mass is 911 g/mol. The molecule has 22 heteroatoms. The highest BCUT2D eigenvalue weighted by Crippen LogP contribution is 2.32. The Bertz CT molecular complexity index is 2360. The number of rotatable bonds is 22. The van der Waals surface area contributed by atoms with Gasteiger partial charge in [-0.05, 0) is 67.6 Å². The number of carbonyl (C=O) groups excluding carboxylic acids is 10. The van der Waals surface area contributed by atoms with Crippen molar-refractivity contribution in [1.29, 1.82) is 0 Å². The third kappa shape index (κ3) is 12.9. The van der Waals surface area contributed by atoms with Crippen molar-refractivity contribution in [1.82, 2.24) is 41.8 Å².